The number of rotatable bonds is 1. The molecule has 2 aromatic rings. The zero-order chi connectivity index (χ0) is 32.4. The van der Waals surface area contributed by atoms with Gasteiger partial charge in [-0.3, -0.25) is 0 Å². The summed E-state index contributed by atoms with van der Waals surface area (Å²) in [7, 11) is 0. The molecule has 2 aromatic carbocycles. The third kappa shape index (κ3) is 14.3. The number of benzene rings is 2. The summed E-state index contributed by atoms with van der Waals surface area (Å²) in [6.45, 7) is 16.6. The molecule has 0 atom stereocenters. The molecule has 4 rings (SSSR count). The van der Waals surface area contributed by atoms with Gasteiger partial charge in [-0.25, -0.2) is 18.4 Å². The highest BCUT2D eigenvalue weighted by atomic mass is 127. The monoisotopic (exact) mass is 844 g/mol. The SMILES string of the molecule is CC(C)(C)OC(=O)N1CCN(c2ccc(Br)cc2F)CC1.CC(C)(C)OC(=O)N1CCNCC1.Fc1cc(Br)ccc1I. The topological polar surface area (TPSA) is 74.4 Å². The molecule has 2 aliphatic rings. The summed E-state index contributed by atoms with van der Waals surface area (Å²) in [6, 6.07) is 10.0. The maximum Gasteiger partial charge on any atom is 0.410 e. The zero-order valence-corrected chi connectivity index (χ0v) is 30.8. The first-order valence-corrected chi connectivity index (χ1v) is 16.6. The summed E-state index contributed by atoms with van der Waals surface area (Å²) in [6.07, 6.45) is -0.507. The first-order chi connectivity index (χ1) is 19.9. The van der Waals surface area contributed by atoms with Crippen molar-refractivity contribution in [3.63, 3.8) is 0 Å². The standard InChI is InChI=1S/C15H20BrFN2O2.C9H18N2O2.C6H3BrFI/c1-15(2,3)21-14(20)19-8-6-18(7-9-19)13-5-4-11(16)10-12(13)17;1-9(2,3)13-8(12)11-6-4-10-5-7-11;7-4-1-2-6(9)5(8)3-4/h4-5,10H,6-9H2,1-3H3;10H,4-7H2,1-3H3;1-3H. The molecule has 2 aliphatic heterocycles. The summed E-state index contributed by atoms with van der Waals surface area (Å²) in [5.41, 5.74) is -0.310. The summed E-state index contributed by atoms with van der Waals surface area (Å²) in [5.74, 6) is -0.430. The van der Waals surface area contributed by atoms with Gasteiger partial charge in [0.25, 0.3) is 0 Å². The van der Waals surface area contributed by atoms with Crippen LogP contribution in [0.1, 0.15) is 41.5 Å². The Morgan fingerprint density at radius 2 is 1.19 bits per heavy atom. The van der Waals surface area contributed by atoms with Crippen molar-refractivity contribution < 1.29 is 27.8 Å². The molecule has 0 aromatic heterocycles. The average molecular weight is 846 g/mol. The zero-order valence-electron chi connectivity index (χ0n) is 25.5. The van der Waals surface area contributed by atoms with Crippen LogP contribution in [-0.2, 0) is 9.47 Å². The predicted octanol–water partition coefficient (Wildman–Crippen LogP) is 7.66. The van der Waals surface area contributed by atoms with Gasteiger partial charge in [0, 0.05) is 64.9 Å². The maximum atomic E-state index is 13.9. The van der Waals surface area contributed by atoms with E-state index in [9.17, 15) is 18.4 Å². The summed E-state index contributed by atoms with van der Waals surface area (Å²) >= 11 is 8.35. The van der Waals surface area contributed by atoms with Crippen molar-refractivity contribution in [2.75, 3.05) is 57.3 Å². The second kappa shape index (κ2) is 17.1. The lowest BCUT2D eigenvalue weighted by Gasteiger charge is -2.36. The number of amides is 2. The lowest BCUT2D eigenvalue weighted by molar-refractivity contribution is 0.0223. The van der Waals surface area contributed by atoms with Gasteiger partial charge < -0.3 is 29.5 Å². The number of carbonyl (C=O) groups excluding carboxylic acids is 2. The van der Waals surface area contributed by atoms with Gasteiger partial charge in [-0.1, -0.05) is 31.9 Å². The van der Waals surface area contributed by atoms with E-state index in [4.69, 9.17) is 9.47 Å². The van der Waals surface area contributed by atoms with Gasteiger partial charge in [-0.05, 0) is 101 Å². The van der Waals surface area contributed by atoms with Gasteiger partial charge in [-0.15, -0.1) is 0 Å². The summed E-state index contributed by atoms with van der Waals surface area (Å²) in [5, 5.41) is 3.18. The number of halogens is 5. The minimum atomic E-state index is -0.494. The Bertz CT molecular complexity index is 1210. The van der Waals surface area contributed by atoms with E-state index in [0.717, 1.165) is 35.1 Å². The first-order valence-electron chi connectivity index (χ1n) is 13.9. The van der Waals surface area contributed by atoms with Crippen LogP contribution in [0.15, 0.2) is 45.3 Å². The van der Waals surface area contributed by atoms with Crippen LogP contribution >= 0.6 is 54.5 Å². The average Bonchev–Trinajstić information content (AvgIpc) is 2.90. The van der Waals surface area contributed by atoms with Crippen molar-refractivity contribution in [1.82, 2.24) is 15.1 Å². The largest absolute Gasteiger partial charge is 0.444 e. The Morgan fingerprint density at radius 1 is 0.744 bits per heavy atom. The Kier molecular flexibility index (Phi) is 14.9. The van der Waals surface area contributed by atoms with E-state index in [0.29, 0.717) is 35.4 Å². The maximum absolute atomic E-state index is 13.9. The Balaban J connectivity index is 0.000000249. The van der Waals surface area contributed by atoms with Crippen LogP contribution in [0, 0.1) is 15.2 Å². The number of anilines is 1. The molecule has 0 bridgehead atoms. The highest BCUT2D eigenvalue weighted by Crippen LogP contribution is 2.24. The van der Waals surface area contributed by atoms with Gasteiger partial charge in [-0.2, -0.15) is 0 Å². The molecule has 0 spiro atoms. The second-order valence-electron chi connectivity index (χ2n) is 11.8. The third-order valence-corrected chi connectivity index (χ3v) is 7.69. The molecular weight excluding hydrogens is 805 g/mol. The van der Waals surface area contributed by atoms with Crippen LogP contribution in [-0.4, -0.2) is 85.5 Å². The molecule has 2 saturated heterocycles. The minimum Gasteiger partial charge on any atom is -0.444 e. The summed E-state index contributed by atoms with van der Waals surface area (Å²) in [4.78, 5) is 28.8. The Labute approximate surface area is 284 Å². The molecule has 0 unspecified atom stereocenters. The quantitative estimate of drug-likeness (QED) is 0.235. The number of nitrogens with one attached hydrogen (secondary N) is 1. The smallest absolute Gasteiger partial charge is 0.410 e. The van der Waals surface area contributed by atoms with Crippen molar-refractivity contribution in [3.8, 4) is 0 Å². The van der Waals surface area contributed by atoms with Crippen LogP contribution < -0.4 is 10.2 Å². The molecule has 8 nitrogen and oxygen atoms in total. The molecule has 0 radical (unpaired) electrons. The normalized spacial score (nSPS) is 15.5. The van der Waals surface area contributed by atoms with Crippen molar-refractivity contribution in [2.24, 2.45) is 0 Å². The van der Waals surface area contributed by atoms with E-state index in [1.165, 1.54) is 12.1 Å². The van der Waals surface area contributed by atoms with Crippen LogP contribution in [0.2, 0.25) is 0 Å². The van der Waals surface area contributed by atoms with Crippen molar-refractivity contribution in [3.05, 3.63) is 60.5 Å². The fraction of sp³-hybridized carbons (Fsp3) is 0.533. The van der Waals surface area contributed by atoms with Crippen LogP contribution in [0.25, 0.3) is 0 Å². The number of hydrogen-bond donors (Lipinski definition) is 1. The number of hydrogen-bond acceptors (Lipinski definition) is 6. The second-order valence-corrected chi connectivity index (χ2v) is 14.8. The summed E-state index contributed by atoms with van der Waals surface area (Å²) < 4.78 is 39.2. The van der Waals surface area contributed by atoms with Gasteiger partial charge in [0.2, 0.25) is 0 Å². The van der Waals surface area contributed by atoms with Crippen molar-refractivity contribution in [1.29, 1.82) is 0 Å². The molecular formula is C30H41Br2F2IN4O4. The van der Waals surface area contributed by atoms with Gasteiger partial charge in [0.05, 0.1) is 5.69 Å². The van der Waals surface area contributed by atoms with Gasteiger partial charge in [0.1, 0.15) is 22.8 Å². The van der Waals surface area contributed by atoms with Crippen LogP contribution in [0.4, 0.5) is 24.1 Å². The fourth-order valence-electron chi connectivity index (χ4n) is 3.84. The molecule has 2 fully saturated rings. The highest BCUT2D eigenvalue weighted by Gasteiger charge is 2.27. The number of nitrogens with zero attached hydrogens (tertiary/aromatic N) is 3. The molecule has 0 saturated carbocycles. The number of ether oxygens (including phenoxy) is 2. The molecule has 1 N–H and O–H groups in total. The highest BCUT2D eigenvalue weighted by molar-refractivity contribution is 14.1. The lowest BCUT2D eigenvalue weighted by atomic mass is 10.2. The predicted molar refractivity (Wildman–Crippen MR) is 182 cm³/mol. The molecule has 13 heteroatoms. The third-order valence-electron chi connectivity index (χ3n) is 5.83. The Morgan fingerprint density at radius 3 is 1.60 bits per heavy atom. The number of carbonyl (C=O) groups is 2. The lowest BCUT2D eigenvalue weighted by Crippen LogP contribution is -2.50. The minimum absolute atomic E-state index is 0.176. The van der Waals surface area contributed by atoms with Crippen LogP contribution in [0.5, 0.6) is 0 Å². The molecule has 240 valence electrons. The van der Waals surface area contributed by atoms with E-state index in [2.05, 4.69) is 37.2 Å². The van der Waals surface area contributed by atoms with Gasteiger partial charge >= 0.3 is 12.2 Å². The molecule has 2 heterocycles. The Hall–Kier alpha value is -1.71. The fourth-order valence-corrected chi connectivity index (χ4v) is 4.84. The van der Waals surface area contributed by atoms with E-state index in [1.807, 2.05) is 81.2 Å². The van der Waals surface area contributed by atoms with E-state index >= 15 is 0 Å². The number of piperazine rings is 2. The van der Waals surface area contributed by atoms with Gasteiger partial charge in [0.15, 0.2) is 0 Å². The van der Waals surface area contributed by atoms with Crippen molar-refractivity contribution in [2.45, 2.75) is 52.7 Å². The van der Waals surface area contributed by atoms with E-state index in [1.54, 1.807) is 21.9 Å². The van der Waals surface area contributed by atoms with E-state index < -0.39 is 5.60 Å². The van der Waals surface area contributed by atoms with E-state index in [-0.39, 0.29) is 29.4 Å². The molecule has 2 amide bonds. The first kappa shape index (κ1) is 37.5. The molecule has 43 heavy (non-hydrogen) atoms. The van der Waals surface area contributed by atoms with Crippen LogP contribution in [0.3, 0.4) is 0 Å². The molecule has 0 aliphatic carbocycles. The van der Waals surface area contributed by atoms with Crippen molar-refractivity contribution >= 4 is 72.3 Å².